The molecule has 0 atom stereocenters. The van der Waals surface area contributed by atoms with Gasteiger partial charge in [0.25, 0.3) is 0 Å². The summed E-state index contributed by atoms with van der Waals surface area (Å²) >= 11 is 7.34. The number of benzene rings is 1. The molecular weight excluding hydrogens is 216 g/mol. The Morgan fingerprint density at radius 2 is 2.36 bits per heavy atom. The first kappa shape index (κ1) is 9.37. The van der Waals surface area contributed by atoms with Crippen LogP contribution in [-0.2, 0) is 0 Å². The van der Waals surface area contributed by atoms with E-state index in [-0.39, 0.29) is 0 Å². The summed E-state index contributed by atoms with van der Waals surface area (Å²) in [5.74, 6) is 0. The lowest BCUT2D eigenvalue weighted by Gasteiger charge is -1.92. The molecule has 1 heterocycles. The second kappa shape index (κ2) is 4.35. The lowest BCUT2D eigenvalue weighted by molar-refractivity contribution is 1.36. The maximum atomic E-state index is 5.83. The van der Waals surface area contributed by atoms with E-state index in [4.69, 9.17) is 11.6 Å². The third kappa shape index (κ3) is 2.40. The SMILES string of the molecule is Clc1cccc(C=Nc2nccs2)c1. The summed E-state index contributed by atoms with van der Waals surface area (Å²) in [5, 5.41) is 3.36. The highest BCUT2D eigenvalue weighted by molar-refractivity contribution is 7.13. The van der Waals surface area contributed by atoms with Crippen LogP contribution >= 0.6 is 22.9 Å². The largest absolute Gasteiger partial charge is 0.227 e. The predicted molar refractivity (Wildman–Crippen MR) is 60.8 cm³/mol. The van der Waals surface area contributed by atoms with E-state index >= 15 is 0 Å². The molecule has 0 N–H and O–H groups in total. The Morgan fingerprint density at radius 1 is 1.43 bits per heavy atom. The third-order valence-corrected chi connectivity index (χ3v) is 2.51. The molecule has 0 spiro atoms. The summed E-state index contributed by atoms with van der Waals surface area (Å²) < 4.78 is 0. The quantitative estimate of drug-likeness (QED) is 0.714. The zero-order chi connectivity index (χ0) is 9.80. The molecule has 1 aromatic carbocycles. The molecule has 2 aromatic rings. The molecule has 4 heteroatoms. The molecule has 0 radical (unpaired) electrons. The molecule has 2 nitrogen and oxygen atoms in total. The Kier molecular flexibility index (Phi) is 2.91. The van der Waals surface area contributed by atoms with Gasteiger partial charge < -0.3 is 0 Å². The molecule has 0 aliphatic heterocycles. The zero-order valence-corrected chi connectivity index (χ0v) is 8.79. The van der Waals surface area contributed by atoms with E-state index in [1.165, 1.54) is 11.3 Å². The molecule has 14 heavy (non-hydrogen) atoms. The average molecular weight is 223 g/mol. The van der Waals surface area contributed by atoms with Crippen LogP contribution in [0.25, 0.3) is 0 Å². The Bertz CT molecular complexity index is 437. The van der Waals surface area contributed by atoms with Crippen LogP contribution in [-0.4, -0.2) is 11.2 Å². The first-order valence-corrected chi connectivity index (χ1v) is 5.29. The summed E-state index contributed by atoms with van der Waals surface area (Å²) in [4.78, 5) is 8.24. The fourth-order valence-corrected chi connectivity index (χ4v) is 1.67. The monoisotopic (exact) mass is 222 g/mol. The molecule has 0 unspecified atom stereocenters. The third-order valence-electron chi connectivity index (χ3n) is 1.59. The maximum Gasteiger partial charge on any atom is 0.208 e. The summed E-state index contributed by atoms with van der Waals surface area (Å²) in [6, 6.07) is 7.54. The number of hydrogen-bond donors (Lipinski definition) is 0. The Balaban J connectivity index is 2.18. The zero-order valence-electron chi connectivity index (χ0n) is 7.22. The van der Waals surface area contributed by atoms with E-state index in [0.717, 1.165) is 10.7 Å². The van der Waals surface area contributed by atoms with Crippen molar-refractivity contribution in [2.45, 2.75) is 0 Å². The van der Waals surface area contributed by atoms with Crippen LogP contribution in [0.2, 0.25) is 5.02 Å². The van der Waals surface area contributed by atoms with E-state index in [1.807, 2.05) is 29.6 Å². The topological polar surface area (TPSA) is 25.2 Å². The Morgan fingerprint density at radius 3 is 3.07 bits per heavy atom. The number of thiazole rings is 1. The molecule has 0 aliphatic carbocycles. The van der Waals surface area contributed by atoms with Crippen LogP contribution in [0.4, 0.5) is 5.13 Å². The molecule has 0 aliphatic rings. The van der Waals surface area contributed by atoms with Gasteiger partial charge in [-0.3, -0.25) is 0 Å². The smallest absolute Gasteiger partial charge is 0.208 e. The van der Waals surface area contributed by atoms with Crippen LogP contribution in [0.1, 0.15) is 5.56 Å². The molecule has 0 saturated carbocycles. The van der Waals surface area contributed by atoms with Crippen molar-refractivity contribution < 1.29 is 0 Å². The van der Waals surface area contributed by atoms with E-state index in [1.54, 1.807) is 12.4 Å². The van der Waals surface area contributed by atoms with Crippen molar-refractivity contribution in [1.82, 2.24) is 4.98 Å². The molecule has 1 aromatic heterocycles. The van der Waals surface area contributed by atoms with Crippen LogP contribution in [0.15, 0.2) is 40.8 Å². The van der Waals surface area contributed by atoms with Crippen LogP contribution in [0.3, 0.4) is 0 Å². The Labute approximate surface area is 90.9 Å². The van der Waals surface area contributed by atoms with Crippen LogP contribution in [0.5, 0.6) is 0 Å². The van der Waals surface area contributed by atoms with Gasteiger partial charge in [-0.05, 0) is 17.7 Å². The number of halogens is 1. The van der Waals surface area contributed by atoms with Crippen LogP contribution < -0.4 is 0 Å². The molecule has 0 amide bonds. The molecule has 0 saturated heterocycles. The molecular formula is C10H7ClN2S. The van der Waals surface area contributed by atoms with Crippen LogP contribution in [0, 0.1) is 0 Å². The molecule has 2 rings (SSSR count). The van der Waals surface area contributed by atoms with Crippen molar-refractivity contribution in [2.24, 2.45) is 4.99 Å². The van der Waals surface area contributed by atoms with Gasteiger partial charge in [0, 0.05) is 22.8 Å². The number of aromatic nitrogens is 1. The molecule has 0 bridgehead atoms. The van der Waals surface area contributed by atoms with Gasteiger partial charge in [-0.25, -0.2) is 9.98 Å². The second-order valence-electron chi connectivity index (χ2n) is 2.63. The average Bonchev–Trinajstić information content (AvgIpc) is 2.67. The van der Waals surface area contributed by atoms with E-state index in [0.29, 0.717) is 5.02 Å². The van der Waals surface area contributed by atoms with E-state index in [2.05, 4.69) is 9.98 Å². The number of aliphatic imine (C=N–C) groups is 1. The van der Waals surface area contributed by atoms with E-state index < -0.39 is 0 Å². The first-order chi connectivity index (χ1) is 6.84. The lowest BCUT2D eigenvalue weighted by atomic mass is 10.2. The van der Waals surface area contributed by atoms with Gasteiger partial charge in [-0.1, -0.05) is 23.7 Å². The minimum atomic E-state index is 0.716. The minimum Gasteiger partial charge on any atom is -0.227 e. The van der Waals surface area contributed by atoms with Crippen molar-refractivity contribution in [3.8, 4) is 0 Å². The number of nitrogens with zero attached hydrogens (tertiary/aromatic N) is 2. The standard InChI is InChI=1S/C10H7ClN2S/c11-9-3-1-2-8(6-9)7-13-10-12-4-5-14-10/h1-7H. The van der Waals surface area contributed by atoms with E-state index in [9.17, 15) is 0 Å². The fraction of sp³-hybridized carbons (Fsp3) is 0. The van der Waals surface area contributed by atoms with Gasteiger partial charge in [0.1, 0.15) is 0 Å². The van der Waals surface area contributed by atoms with Gasteiger partial charge in [-0.2, -0.15) is 0 Å². The summed E-state index contributed by atoms with van der Waals surface area (Å²) in [5.41, 5.74) is 0.979. The summed E-state index contributed by atoms with van der Waals surface area (Å²) in [6.45, 7) is 0. The number of hydrogen-bond acceptors (Lipinski definition) is 3. The lowest BCUT2D eigenvalue weighted by Crippen LogP contribution is -1.78. The number of rotatable bonds is 2. The molecule has 0 fully saturated rings. The fourth-order valence-electron chi connectivity index (χ4n) is 0.996. The normalized spacial score (nSPS) is 10.9. The van der Waals surface area contributed by atoms with Gasteiger partial charge in [0.15, 0.2) is 0 Å². The minimum absolute atomic E-state index is 0.716. The van der Waals surface area contributed by atoms with Crippen molar-refractivity contribution in [3.63, 3.8) is 0 Å². The van der Waals surface area contributed by atoms with Crippen molar-refractivity contribution in [3.05, 3.63) is 46.4 Å². The Hall–Kier alpha value is -1.19. The maximum absolute atomic E-state index is 5.83. The van der Waals surface area contributed by atoms with Crippen molar-refractivity contribution in [2.75, 3.05) is 0 Å². The highest BCUT2D eigenvalue weighted by atomic mass is 35.5. The van der Waals surface area contributed by atoms with Gasteiger partial charge >= 0.3 is 0 Å². The predicted octanol–water partition coefficient (Wildman–Crippen LogP) is 3.55. The molecule has 70 valence electrons. The summed E-state index contributed by atoms with van der Waals surface area (Å²) in [6.07, 6.45) is 3.49. The second-order valence-corrected chi connectivity index (χ2v) is 3.94. The van der Waals surface area contributed by atoms with Gasteiger partial charge in [0.05, 0.1) is 0 Å². The highest BCUT2D eigenvalue weighted by Crippen LogP contribution is 2.15. The summed E-state index contributed by atoms with van der Waals surface area (Å²) in [7, 11) is 0. The highest BCUT2D eigenvalue weighted by Gasteiger charge is 1.91. The first-order valence-electron chi connectivity index (χ1n) is 4.04. The van der Waals surface area contributed by atoms with Gasteiger partial charge in [0.2, 0.25) is 5.13 Å². The van der Waals surface area contributed by atoms with Gasteiger partial charge in [-0.15, -0.1) is 11.3 Å². The van der Waals surface area contributed by atoms with Crippen molar-refractivity contribution >= 4 is 34.3 Å². The van der Waals surface area contributed by atoms with Crippen molar-refractivity contribution in [1.29, 1.82) is 0 Å².